The molecule has 5 nitrogen and oxygen atoms in total. The molecule has 0 saturated heterocycles. The topological polar surface area (TPSA) is 62.2 Å². The maximum Gasteiger partial charge on any atom is 0.101 e. The van der Waals surface area contributed by atoms with Crippen LogP contribution in [0.1, 0.15) is 71.1 Å². The Balaban J connectivity index is 3.48. The minimum Gasteiger partial charge on any atom is -0.394 e. The molecule has 22 heavy (non-hydrogen) atoms. The van der Waals surface area contributed by atoms with Crippen LogP contribution in [0.5, 0.6) is 0 Å². The fraction of sp³-hybridized carbons (Fsp3) is 0.882. The second kappa shape index (κ2) is 18.4. The van der Waals surface area contributed by atoms with Gasteiger partial charge in [0.15, 0.2) is 0 Å². The minimum absolute atomic E-state index is 0.0644. The molecular weight excluding hydrogens is 282 g/mol. The monoisotopic (exact) mass is 317 g/mol. The molecule has 0 unspecified atom stereocenters. The number of hydrogen-bond donors (Lipinski definition) is 2. The van der Waals surface area contributed by atoms with Crippen LogP contribution in [0.25, 0.3) is 0 Å². The zero-order chi connectivity index (χ0) is 16.3. The number of hydroxylamine groups is 2. The molecule has 0 spiro atoms. The Bertz CT molecular complexity index is 229. The third-order valence-corrected chi connectivity index (χ3v) is 3.32. The first-order chi connectivity index (χ1) is 10.8. The van der Waals surface area contributed by atoms with E-state index in [4.69, 9.17) is 19.9 Å². The van der Waals surface area contributed by atoms with E-state index < -0.39 is 0 Å². The van der Waals surface area contributed by atoms with Crippen molar-refractivity contribution in [2.24, 2.45) is 0 Å². The molecule has 0 aliphatic rings. The van der Waals surface area contributed by atoms with Crippen LogP contribution in [-0.2, 0) is 9.68 Å². The van der Waals surface area contributed by atoms with Crippen LogP contribution in [0.3, 0.4) is 0 Å². The molecule has 0 rings (SSSR count). The summed E-state index contributed by atoms with van der Waals surface area (Å²) in [7, 11) is 0. The number of hydrogen-bond acceptors (Lipinski definition) is 5. The van der Waals surface area contributed by atoms with E-state index in [1.165, 1.54) is 63.0 Å². The molecule has 0 fully saturated rings. The first kappa shape index (κ1) is 21.4. The van der Waals surface area contributed by atoms with Gasteiger partial charge in [-0.05, 0) is 12.8 Å². The number of aliphatic hydroxyl groups excluding tert-OH is 2. The molecule has 5 heteroatoms. The summed E-state index contributed by atoms with van der Waals surface area (Å²) in [4.78, 5) is 10.3. The zero-order valence-corrected chi connectivity index (χ0v) is 14.2. The molecule has 0 bridgehead atoms. The molecule has 0 atom stereocenters. The predicted octanol–water partition coefficient (Wildman–Crippen LogP) is 3.57. The minimum atomic E-state index is -0.0644. The van der Waals surface area contributed by atoms with Crippen LogP contribution in [0.4, 0.5) is 0 Å². The molecule has 0 aliphatic carbocycles. The van der Waals surface area contributed by atoms with Gasteiger partial charge in [0.05, 0.1) is 19.4 Å². The molecule has 2 N–H and O–H groups in total. The SMILES string of the molecule is CCCCCCCCCCCC=CN(OCCO)OCCO. The van der Waals surface area contributed by atoms with E-state index in [1.807, 2.05) is 6.08 Å². The van der Waals surface area contributed by atoms with Crippen molar-refractivity contribution < 1.29 is 19.9 Å². The Kier molecular flexibility index (Phi) is 17.9. The van der Waals surface area contributed by atoms with Gasteiger partial charge >= 0.3 is 0 Å². The highest BCUT2D eigenvalue weighted by molar-refractivity contribution is 4.76. The number of allylic oxidation sites excluding steroid dienone is 1. The molecule has 0 saturated carbocycles. The molecule has 0 aliphatic heterocycles. The third kappa shape index (κ3) is 15.8. The summed E-state index contributed by atoms with van der Waals surface area (Å²) in [6.07, 6.45) is 16.6. The largest absolute Gasteiger partial charge is 0.394 e. The quantitative estimate of drug-likeness (QED) is 0.317. The lowest BCUT2D eigenvalue weighted by Gasteiger charge is -2.17. The van der Waals surface area contributed by atoms with Gasteiger partial charge in [-0.25, -0.2) is 9.68 Å². The van der Waals surface area contributed by atoms with Crippen molar-refractivity contribution >= 4 is 0 Å². The Morgan fingerprint density at radius 3 is 1.77 bits per heavy atom. The maximum absolute atomic E-state index is 8.72. The van der Waals surface area contributed by atoms with Crippen molar-refractivity contribution in [2.75, 3.05) is 26.4 Å². The van der Waals surface area contributed by atoms with Gasteiger partial charge in [0.25, 0.3) is 0 Å². The summed E-state index contributed by atoms with van der Waals surface area (Å²) >= 11 is 0. The lowest BCUT2D eigenvalue weighted by atomic mass is 10.1. The van der Waals surface area contributed by atoms with Gasteiger partial charge in [0, 0.05) is 0 Å². The van der Waals surface area contributed by atoms with Gasteiger partial charge < -0.3 is 10.2 Å². The number of nitrogens with zero attached hydrogens (tertiary/aromatic N) is 1. The second-order valence-corrected chi connectivity index (χ2v) is 5.40. The summed E-state index contributed by atoms with van der Waals surface area (Å²) in [5, 5.41) is 18.6. The zero-order valence-electron chi connectivity index (χ0n) is 14.2. The Morgan fingerprint density at radius 2 is 1.27 bits per heavy atom. The maximum atomic E-state index is 8.72. The summed E-state index contributed by atoms with van der Waals surface area (Å²) in [5.74, 6) is 0. The van der Waals surface area contributed by atoms with Gasteiger partial charge in [-0.2, -0.15) is 0 Å². The number of rotatable bonds is 17. The van der Waals surface area contributed by atoms with Crippen LogP contribution in [0, 0.1) is 0 Å². The van der Waals surface area contributed by atoms with Gasteiger partial charge in [-0.1, -0.05) is 64.4 Å². The highest BCUT2D eigenvalue weighted by atomic mass is 16.9. The lowest BCUT2D eigenvalue weighted by Crippen LogP contribution is -2.22. The van der Waals surface area contributed by atoms with Crippen LogP contribution >= 0.6 is 0 Å². The van der Waals surface area contributed by atoms with Crippen LogP contribution in [-0.4, -0.2) is 41.9 Å². The fourth-order valence-electron chi connectivity index (χ4n) is 2.12. The standard InChI is InChI=1S/C17H35NO4/c1-2-3-4-5-6-7-8-9-10-11-12-13-18(21-16-14-19)22-17-15-20/h12-13,19-20H,2-11,14-17H2,1H3. The average Bonchev–Trinajstić information content (AvgIpc) is 2.54. The van der Waals surface area contributed by atoms with E-state index in [0.717, 1.165) is 6.42 Å². The summed E-state index contributed by atoms with van der Waals surface area (Å²) < 4.78 is 0. The summed E-state index contributed by atoms with van der Waals surface area (Å²) in [6, 6.07) is 0. The molecule has 0 aromatic carbocycles. The van der Waals surface area contributed by atoms with Gasteiger partial charge in [0.2, 0.25) is 0 Å². The van der Waals surface area contributed by atoms with Crippen molar-refractivity contribution in [3.05, 3.63) is 12.3 Å². The van der Waals surface area contributed by atoms with E-state index in [0.29, 0.717) is 0 Å². The predicted molar refractivity (Wildman–Crippen MR) is 88.9 cm³/mol. The van der Waals surface area contributed by atoms with Crippen molar-refractivity contribution in [2.45, 2.75) is 71.1 Å². The first-order valence-corrected chi connectivity index (χ1v) is 8.78. The Hall–Kier alpha value is -0.620. The Labute approximate surface area is 135 Å². The van der Waals surface area contributed by atoms with Crippen molar-refractivity contribution in [1.82, 2.24) is 5.23 Å². The highest BCUT2D eigenvalue weighted by Gasteiger charge is 1.99. The third-order valence-electron chi connectivity index (χ3n) is 3.32. The van der Waals surface area contributed by atoms with E-state index in [-0.39, 0.29) is 26.4 Å². The normalized spacial score (nSPS) is 11.4. The summed E-state index contributed by atoms with van der Waals surface area (Å²) in [5.41, 5.74) is 0. The van der Waals surface area contributed by atoms with Gasteiger partial charge in [-0.15, -0.1) is 5.23 Å². The van der Waals surface area contributed by atoms with Gasteiger partial charge in [0.1, 0.15) is 13.2 Å². The molecule has 132 valence electrons. The van der Waals surface area contributed by atoms with Crippen molar-refractivity contribution in [3.63, 3.8) is 0 Å². The molecule has 0 aromatic rings. The van der Waals surface area contributed by atoms with E-state index in [9.17, 15) is 0 Å². The van der Waals surface area contributed by atoms with E-state index >= 15 is 0 Å². The molecular formula is C17H35NO4. The van der Waals surface area contributed by atoms with Crippen molar-refractivity contribution in [3.8, 4) is 0 Å². The number of aliphatic hydroxyl groups is 2. The molecule has 0 amide bonds. The van der Waals surface area contributed by atoms with Crippen LogP contribution in [0.15, 0.2) is 12.3 Å². The van der Waals surface area contributed by atoms with Gasteiger partial charge in [-0.3, -0.25) is 0 Å². The molecule has 0 heterocycles. The smallest absolute Gasteiger partial charge is 0.101 e. The second-order valence-electron chi connectivity index (χ2n) is 5.40. The van der Waals surface area contributed by atoms with Crippen LogP contribution in [0.2, 0.25) is 0 Å². The average molecular weight is 317 g/mol. The fourth-order valence-corrected chi connectivity index (χ4v) is 2.12. The van der Waals surface area contributed by atoms with Crippen molar-refractivity contribution in [1.29, 1.82) is 0 Å². The van der Waals surface area contributed by atoms with E-state index in [1.54, 1.807) is 6.20 Å². The first-order valence-electron chi connectivity index (χ1n) is 8.78. The molecule has 0 aromatic heterocycles. The Morgan fingerprint density at radius 1 is 0.773 bits per heavy atom. The summed E-state index contributed by atoms with van der Waals surface area (Å²) in [6.45, 7) is 2.47. The molecule has 0 radical (unpaired) electrons. The van der Waals surface area contributed by atoms with Crippen LogP contribution < -0.4 is 0 Å². The lowest BCUT2D eigenvalue weighted by molar-refractivity contribution is -0.339. The highest BCUT2D eigenvalue weighted by Crippen LogP contribution is 2.10. The van der Waals surface area contributed by atoms with E-state index in [2.05, 4.69) is 6.92 Å². The number of unbranched alkanes of at least 4 members (excludes halogenated alkanes) is 9.